The van der Waals surface area contributed by atoms with Crippen LogP contribution in [0.2, 0.25) is 0 Å². The van der Waals surface area contributed by atoms with Crippen LogP contribution in [0, 0.1) is 0 Å². The summed E-state index contributed by atoms with van der Waals surface area (Å²) in [7, 11) is 0. The Morgan fingerprint density at radius 2 is 2.06 bits per heavy atom. The van der Waals surface area contributed by atoms with Gasteiger partial charge in [0.05, 0.1) is 6.61 Å². The molecule has 0 spiro atoms. The van der Waals surface area contributed by atoms with Crippen LogP contribution < -0.4 is 15.4 Å². The van der Waals surface area contributed by atoms with Crippen molar-refractivity contribution in [1.29, 1.82) is 0 Å². The molecule has 1 saturated heterocycles. The summed E-state index contributed by atoms with van der Waals surface area (Å²) in [5.41, 5.74) is 5.86. The summed E-state index contributed by atoms with van der Waals surface area (Å²) in [5, 5.41) is 8.17. The summed E-state index contributed by atoms with van der Waals surface area (Å²) in [4.78, 5) is 2.21. The van der Waals surface area contributed by atoms with Gasteiger partial charge in [-0.05, 0) is 25.8 Å². The van der Waals surface area contributed by atoms with Gasteiger partial charge in [0.1, 0.15) is 0 Å². The summed E-state index contributed by atoms with van der Waals surface area (Å²) in [6.45, 7) is 4.47. The molecule has 0 atom stereocenters. The van der Waals surface area contributed by atoms with Crippen molar-refractivity contribution in [2.45, 2.75) is 25.8 Å². The average molecular weight is 259 g/mol. The van der Waals surface area contributed by atoms with Gasteiger partial charge in [-0.3, -0.25) is 0 Å². The molecule has 1 aliphatic heterocycles. The summed E-state index contributed by atoms with van der Waals surface area (Å²) >= 11 is 0. The fourth-order valence-corrected chi connectivity index (χ4v) is 1.84. The molecule has 0 bridgehead atoms. The van der Waals surface area contributed by atoms with E-state index in [0.29, 0.717) is 18.5 Å². The highest BCUT2D eigenvalue weighted by Crippen LogP contribution is 2.17. The summed E-state index contributed by atoms with van der Waals surface area (Å²) in [6, 6.07) is 4.15. The molecule has 0 radical (unpaired) electrons. The van der Waals surface area contributed by atoms with Gasteiger partial charge in [0.25, 0.3) is 0 Å². The molecule has 1 aliphatic rings. The van der Waals surface area contributed by atoms with Crippen molar-refractivity contribution in [3.63, 3.8) is 0 Å². The Morgan fingerprint density at radius 3 is 2.59 bits per heavy atom. The third kappa shape index (κ3) is 3.71. The van der Waals surface area contributed by atoms with Crippen LogP contribution in [0.1, 0.15) is 19.8 Å². The van der Waals surface area contributed by atoms with Crippen molar-refractivity contribution in [3.05, 3.63) is 12.1 Å². The van der Waals surface area contributed by atoms with Gasteiger partial charge in [-0.25, -0.2) is 0 Å². The Kier molecular flexibility index (Phi) is 5.44. The Hall–Kier alpha value is -1.07. The molecular weight excluding hydrogens is 240 g/mol. The van der Waals surface area contributed by atoms with Crippen molar-refractivity contribution in [2.24, 2.45) is 5.73 Å². The first-order chi connectivity index (χ1) is 7.79. The molecule has 2 N–H and O–H groups in total. The van der Waals surface area contributed by atoms with Crippen LogP contribution in [0.25, 0.3) is 0 Å². The van der Waals surface area contributed by atoms with E-state index < -0.39 is 0 Å². The van der Waals surface area contributed by atoms with Gasteiger partial charge < -0.3 is 15.4 Å². The number of hydrogen-bond donors (Lipinski definition) is 1. The lowest BCUT2D eigenvalue weighted by Crippen LogP contribution is -2.40. The lowest BCUT2D eigenvalue weighted by Gasteiger charge is -2.30. The van der Waals surface area contributed by atoms with Crippen molar-refractivity contribution in [3.8, 4) is 5.88 Å². The topological polar surface area (TPSA) is 64.3 Å². The van der Waals surface area contributed by atoms with E-state index in [1.54, 1.807) is 0 Å². The quantitative estimate of drug-likeness (QED) is 0.883. The Morgan fingerprint density at radius 1 is 1.35 bits per heavy atom. The minimum Gasteiger partial charge on any atom is -0.477 e. The highest BCUT2D eigenvalue weighted by atomic mass is 35.5. The highest BCUT2D eigenvalue weighted by Gasteiger charge is 2.17. The second-order valence-corrected chi connectivity index (χ2v) is 3.99. The number of hydrogen-bond acceptors (Lipinski definition) is 5. The Balaban J connectivity index is 0.00000144. The number of ether oxygens (including phenoxy) is 1. The van der Waals surface area contributed by atoms with Crippen LogP contribution in [-0.4, -0.2) is 35.9 Å². The van der Waals surface area contributed by atoms with Crippen LogP contribution >= 0.6 is 12.4 Å². The summed E-state index contributed by atoms with van der Waals surface area (Å²) in [6.07, 6.45) is 2.05. The number of aromatic nitrogens is 2. The number of piperidine rings is 1. The first kappa shape index (κ1) is 14.0. The van der Waals surface area contributed by atoms with Crippen molar-refractivity contribution in [1.82, 2.24) is 10.2 Å². The molecule has 5 nitrogen and oxygen atoms in total. The Bertz CT molecular complexity index is 325. The normalized spacial score (nSPS) is 16.5. The van der Waals surface area contributed by atoms with E-state index in [1.807, 2.05) is 19.1 Å². The molecule has 0 amide bonds. The molecule has 0 unspecified atom stereocenters. The number of rotatable bonds is 3. The lowest BCUT2D eigenvalue weighted by atomic mass is 10.1. The first-order valence-electron chi connectivity index (χ1n) is 5.76. The summed E-state index contributed by atoms with van der Waals surface area (Å²) < 4.78 is 5.25. The second-order valence-electron chi connectivity index (χ2n) is 3.99. The van der Waals surface area contributed by atoms with Crippen molar-refractivity contribution in [2.75, 3.05) is 24.6 Å². The van der Waals surface area contributed by atoms with Crippen molar-refractivity contribution < 1.29 is 4.74 Å². The Labute approximate surface area is 108 Å². The van der Waals surface area contributed by atoms with Crippen LogP contribution in [0.3, 0.4) is 0 Å². The minimum absolute atomic E-state index is 0. The molecule has 6 heteroatoms. The largest absolute Gasteiger partial charge is 0.477 e. The van der Waals surface area contributed by atoms with Gasteiger partial charge in [-0.15, -0.1) is 22.6 Å². The molecule has 2 rings (SSSR count). The van der Waals surface area contributed by atoms with E-state index in [1.165, 1.54) is 0 Å². The van der Waals surface area contributed by atoms with Gasteiger partial charge in [-0.1, -0.05) is 0 Å². The fraction of sp³-hybridized carbons (Fsp3) is 0.636. The molecule has 1 aromatic heterocycles. The fourth-order valence-electron chi connectivity index (χ4n) is 1.84. The highest BCUT2D eigenvalue weighted by molar-refractivity contribution is 5.85. The predicted molar refractivity (Wildman–Crippen MR) is 69.9 cm³/mol. The van der Waals surface area contributed by atoms with E-state index >= 15 is 0 Å². The number of anilines is 1. The van der Waals surface area contributed by atoms with Crippen molar-refractivity contribution >= 4 is 18.2 Å². The van der Waals surface area contributed by atoms with E-state index in [-0.39, 0.29) is 12.4 Å². The smallest absolute Gasteiger partial charge is 0.233 e. The third-order valence-corrected chi connectivity index (χ3v) is 2.78. The van der Waals surface area contributed by atoms with Crippen LogP contribution in [0.4, 0.5) is 5.82 Å². The SMILES string of the molecule is CCOc1ccc(N2CCC(N)CC2)nn1.Cl. The second kappa shape index (κ2) is 6.61. The molecule has 0 saturated carbocycles. The molecule has 0 aliphatic carbocycles. The molecule has 2 heterocycles. The monoisotopic (exact) mass is 258 g/mol. The zero-order chi connectivity index (χ0) is 11.4. The van der Waals surface area contributed by atoms with Gasteiger partial charge in [-0.2, -0.15) is 0 Å². The standard InChI is InChI=1S/C11H18N4O.ClH/c1-2-16-11-4-3-10(13-14-11)15-7-5-9(12)6-8-15;/h3-4,9H,2,5-8,12H2,1H3;1H. The molecule has 0 aromatic carbocycles. The maximum absolute atomic E-state index is 5.86. The van der Waals surface area contributed by atoms with Gasteiger partial charge in [0.2, 0.25) is 5.88 Å². The third-order valence-electron chi connectivity index (χ3n) is 2.78. The first-order valence-corrected chi connectivity index (χ1v) is 5.76. The maximum atomic E-state index is 5.86. The average Bonchev–Trinajstić information content (AvgIpc) is 2.32. The minimum atomic E-state index is 0. The van der Waals surface area contributed by atoms with E-state index in [0.717, 1.165) is 31.7 Å². The lowest BCUT2D eigenvalue weighted by molar-refractivity contribution is 0.322. The predicted octanol–water partition coefficient (Wildman–Crippen LogP) is 1.22. The van der Waals surface area contributed by atoms with Gasteiger partial charge in [0, 0.05) is 25.2 Å². The van der Waals surface area contributed by atoms with Crippen LogP contribution in [0.5, 0.6) is 5.88 Å². The number of nitrogens with zero attached hydrogens (tertiary/aromatic N) is 3. The van der Waals surface area contributed by atoms with E-state index in [2.05, 4.69) is 15.1 Å². The van der Waals surface area contributed by atoms with Crippen LogP contribution in [-0.2, 0) is 0 Å². The molecule has 17 heavy (non-hydrogen) atoms. The zero-order valence-electron chi connectivity index (χ0n) is 10.0. The maximum Gasteiger partial charge on any atom is 0.233 e. The molecule has 1 fully saturated rings. The summed E-state index contributed by atoms with van der Waals surface area (Å²) in [5.74, 6) is 1.50. The van der Waals surface area contributed by atoms with E-state index in [9.17, 15) is 0 Å². The van der Waals surface area contributed by atoms with Gasteiger partial charge in [0.15, 0.2) is 5.82 Å². The number of nitrogens with two attached hydrogens (primary N) is 1. The molecule has 1 aromatic rings. The van der Waals surface area contributed by atoms with Gasteiger partial charge >= 0.3 is 0 Å². The molecule has 96 valence electrons. The zero-order valence-corrected chi connectivity index (χ0v) is 10.8. The molecular formula is C11H19ClN4O. The number of halogens is 1. The van der Waals surface area contributed by atoms with E-state index in [4.69, 9.17) is 10.5 Å². The van der Waals surface area contributed by atoms with Crippen LogP contribution in [0.15, 0.2) is 12.1 Å².